The second-order valence-electron chi connectivity index (χ2n) is 19.8. The number of hydrogen-bond donors (Lipinski definition) is 0. The minimum atomic E-state index is -5.02. The second kappa shape index (κ2) is 20.9. The first kappa shape index (κ1) is 53.1. The van der Waals surface area contributed by atoms with Crippen LogP contribution >= 0.6 is 0 Å². The van der Waals surface area contributed by atoms with Gasteiger partial charge >= 0.3 is 6.18 Å². The molecule has 0 aliphatic rings. The third-order valence-electron chi connectivity index (χ3n) is 15.3. The average molecular weight is 1110 g/mol. The van der Waals surface area contributed by atoms with Gasteiger partial charge in [0, 0.05) is 32.7 Å². The van der Waals surface area contributed by atoms with Gasteiger partial charge in [0.15, 0.2) is 22.7 Å². The molecule has 12 aromatic rings. The van der Waals surface area contributed by atoms with Gasteiger partial charge in [-0.3, -0.25) is 0 Å². The van der Waals surface area contributed by atoms with Crippen LogP contribution in [0.4, 0.5) is 35.9 Å². The van der Waals surface area contributed by atoms with Crippen LogP contribution in [-0.2, 0) is 6.18 Å². The summed E-state index contributed by atoms with van der Waals surface area (Å²) in [4.78, 5) is 14.5. The maximum absolute atomic E-state index is 15.8. The van der Waals surface area contributed by atoms with E-state index in [1.54, 1.807) is 106 Å². The minimum Gasteiger partial charge on any atom is -0.309 e. The molecular weight excluding hydrogens is 1080 g/mol. The first-order valence-electron chi connectivity index (χ1n) is 25.8. The number of alkyl halides is 3. The Bertz CT molecular complexity index is 5230. The van der Waals surface area contributed by atoms with Gasteiger partial charge in [-0.2, -0.15) is 44.7 Å². The Hall–Kier alpha value is -13.5. The van der Waals surface area contributed by atoms with E-state index >= 15 is 13.2 Å². The summed E-state index contributed by atoms with van der Waals surface area (Å²) in [6, 6.07) is 59.5. The molecule has 0 bridgehead atoms. The number of benzene rings is 10. The summed E-state index contributed by atoms with van der Waals surface area (Å²) in [5.74, 6) is 0. The van der Waals surface area contributed by atoms with E-state index in [9.17, 15) is 31.6 Å². The lowest BCUT2D eigenvalue weighted by Gasteiger charge is -2.22. The summed E-state index contributed by atoms with van der Waals surface area (Å²) >= 11 is 0. The Labute approximate surface area is 488 Å². The van der Waals surface area contributed by atoms with Crippen molar-refractivity contribution in [2.24, 2.45) is 0 Å². The zero-order valence-corrected chi connectivity index (χ0v) is 44.2. The van der Waals surface area contributed by atoms with E-state index in [4.69, 9.17) is 26.3 Å². The van der Waals surface area contributed by atoms with Crippen LogP contribution in [0.5, 0.6) is 0 Å². The third-order valence-corrected chi connectivity index (χ3v) is 15.3. The molecule has 2 heterocycles. The summed E-state index contributed by atoms with van der Waals surface area (Å²) in [6.45, 7) is 31.3. The number of nitrogens with zero attached hydrogens (tertiary/aromatic N) is 12. The van der Waals surface area contributed by atoms with Crippen molar-refractivity contribution >= 4 is 66.4 Å². The molecule has 0 saturated carbocycles. The number of hydrogen-bond acceptors (Lipinski definition) is 6. The molecule has 0 saturated heterocycles. The normalized spacial score (nSPS) is 10.8. The number of aromatic nitrogens is 2. The molecule has 0 radical (unpaired) electrons. The van der Waals surface area contributed by atoms with Gasteiger partial charge in [-0.05, 0) is 142 Å². The highest BCUT2D eigenvalue weighted by Gasteiger charge is 2.36. The maximum atomic E-state index is 15.8. The van der Waals surface area contributed by atoms with Gasteiger partial charge in [-0.25, -0.2) is 19.4 Å². The first-order valence-corrected chi connectivity index (χ1v) is 25.8. The summed E-state index contributed by atoms with van der Waals surface area (Å²) in [6.07, 6.45) is -5.02. The highest BCUT2D eigenvalue weighted by Crippen LogP contribution is 2.48. The number of fused-ring (bicyclic) bond motifs is 6. The predicted molar refractivity (Wildman–Crippen MR) is 321 cm³/mol. The zero-order valence-electron chi connectivity index (χ0n) is 44.2. The Kier molecular flexibility index (Phi) is 12.9. The fraction of sp³-hybridized carbons (Fsp3) is 0.0141. The van der Waals surface area contributed by atoms with Gasteiger partial charge in [-0.1, -0.05) is 78.9 Å². The lowest BCUT2D eigenvalue weighted by Crippen LogP contribution is -2.11. The van der Waals surface area contributed by atoms with Crippen LogP contribution in [0.25, 0.3) is 130 Å². The molecule has 10 aromatic carbocycles. The van der Waals surface area contributed by atoms with Crippen molar-refractivity contribution in [1.82, 2.24) is 9.13 Å². The fourth-order valence-electron chi connectivity index (χ4n) is 11.4. The Morgan fingerprint density at radius 2 is 0.756 bits per heavy atom. The molecule has 15 heteroatoms. The molecule has 12 nitrogen and oxygen atoms in total. The zero-order chi connectivity index (χ0) is 60.1. The van der Waals surface area contributed by atoms with Crippen molar-refractivity contribution in [3.05, 3.63) is 261 Å². The van der Waals surface area contributed by atoms with Crippen molar-refractivity contribution in [3.8, 4) is 103 Å². The van der Waals surface area contributed by atoms with Crippen molar-refractivity contribution < 1.29 is 13.2 Å². The SMILES string of the molecule is [C-]#[N+]c1ccc(-c2ccc3c(c2)c2cc(-c4ccc([N+]#[C-])cc4[N+]#[C-])ccc2n3-c2cc(C#N)c(-n3c4ccc(-c5ccc(C#N)cc5C#N)cc4c4cc(-c5ccc(C#N)cc5C#N)ccc43)cc2-c2c(C#N)cccc2C(F)(F)F)c([N+]#[C-])c1. The summed E-state index contributed by atoms with van der Waals surface area (Å²) in [7, 11) is 0. The van der Waals surface area contributed by atoms with E-state index < -0.39 is 17.3 Å². The van der Waals surface area contributed by atoms with E-state index in [1.165, 1.54) is 42.5 Å². The molecule has 0 aliphatic heterocycles. The Morgan fingerprint density at radius 3 is 1.14 bits per heavy atom. The summed E-state index contributed by atoms with van der Waals surface area (Å²) in [5, 5.41) is 64.6. The van der Waals surface area contributed by atoms with Gasteiger partial charge in [0.05, 0.1) is 129 Å². The first-order chi connectivity index (χ1) is 41.8. The van der Waals surface area contributed by atoms with Crippen molar-refractivity contribution in [2.45, 2.75) is 6.18 Å². The quantitative estimate of drug-likeness (QED) is 0.144. The van der Waals surface area contributed by atoms with Gasteiger partial charge in [-0.15, -0.1) is 0 Å². The Morgan fingerprint density at radius 1 is 0.349 bits per heavy atom. The molecule has 394 valence electrons. The van der Waals surface area contributed by atoms with Gasteiger partial charge in [0.1, 0.15) is 6.07 Å². The van der Waals surface area contributed by atoms with E-state index in [0.29, 0.717) is 88.1 Å². The van der Waals surface area contributed by atoms with E-state index in [2.05, 4.69) is 49.7 Å². The van der Waals surface area contributed by atoms with Crippen LogP contribution in [0, 0.1) is 94.3 Å². The smallest absolute Gasteiger partial charge is 0.309 e. The molecule has 0 atom stereocenters. The van der Waals surface area contributed by atoms with Crippen LogP contribution in [0.2, 0.25) is 0 Å². The van der Waals surface area contributed by atoms with E-state index in [0.717, 1.165) is 12.1 Å². The topological polar surface area (TPSA) is 170 Å². The molecule has 0 N–H and O–H groups in total. The molecule has 0 amide bonds. The molecule has 0 aliphatic carbocycles. The molecule has 2 aromatic heterocycles. The van der Waals surface area contributed by atoms with E-state index in [-0.39, 0.29) is 73.1 Å². The Balaban J connectivity index is 1.21. The third kappa shape index (κ3) is 8.64. The number of halogens is 3. The minimum absolute atomic E-state index is 0.0112. The van der Waals surface area contributed by atoms with Crippen molar-refractivity contribution in [3.63, 3.8) is 0 Å². The lowest BCUT2D eigenvalue weighted by atomic mass is 9.91. The second-order valence-corrected chi connectivity index (χ2v) is 19.8. The van der Waals surface area contributed by atoms with Gasteiger partial charge in [0.2, 0.25) is 0 Å². The van der Waals surface area contributed by atoms with Crippen LogP contribution in [0.1, 0.15) is 38.9 Å². The van der Waals surface area contributed by atoms with Crippen molar-refractivity contribution in [1.29, 1.82) is 31.6 Å². The molecule has 0 spiro atoms. The number of nitriles is 6. The average Bonchev–Trinajstić information content (AvgIpc) is 1.82. The molecule has 86 heavy (non-hydrogen) atoms. The molecule has 0 fully saturated rings. The van der Waals surface area contributed by atoms with Crippen LogP contribution in [0.15, 0.2) is 176 Å². The standard InChI is InChI=1S/C71H29F3N12/c1-81-50-14-18-54(62(31-50)83-3)44-12-22-66-58(28-44)59-29-45(55-19-15-51(82-2)32-63(55)84-4)13-23-67(59)86(66)69-30-49(39-80)68(33-60(69)70-46(36-77)6-5-7-61(70)71(72,73)74)85-64-20-10-42(52-16-8-40(34-75)24-47(52)37-78)26-56(64)57-27-43(11-21-65(57)85)53-17-9-41(35-76)25-48(53)38-79/h5-33H. The fourth-order valence-corrected chi connectivity index (χ4v) is 11.4. The molecule has 0 unspecified atom stereocenters. The van der Waals surface area contributed by atoms with Gasteiger partial charge < -0.3 is 9.13 Å². The lowest BCUT2D eigenvalue weighted by molar-refractivity contribution is -0.137. The highest BCUT2D eigenvalue weighted by atomic mass is 19.4. The monoisotopic (exact) mass is 1110 g/mol. The largest absolute Gasteiger partial charge is 0.417 e. The molecular formula is C71H29F3N12. The van der Waals surface area contributed by atoms with Crippen LogP contribution in [-0.4, -0.2) is 9.13 Å². The maximum Gasteiger partial charge on any atom is 0.417 e. The predicted octanol–water partition coefficient (Wildman–Crippen LogP) is 18.7. The summed E-state index contributed by atoms with van der Waals surface area (Å²) < 4.78 is 50.9. The van der Waals surface area contributed by atoms with Crippen molar-refractivity contribution in [2.75, 3.05) is 0 Å². The highest BCUT2D eigenvalue weighted by molar-refractivity contribution is 6.14. The molecule has 12 rings (SSSR count). The summed E-state index contributed by atoms with van der Waals surface area (Å²) in [5.41, 5.74) is 6.15. The number of rotatable bonds is 7. The van der Waals surface area contributed by atoms with Crippen LogP contribution in [0.3, 0.4) is 0 Å². The van der Waals surface area contributed by atoms with E-state index in [1.807, 2.05) is 30.3 Å². The van der Waals surface area contributed by atoms with Gasteiger partial charge in [0.25, 0.3) is 0 Å². The van der Waals surface area contributed by atoms with Crippen LogP contribution < -0.4 is 0 Å².